The van der Waals surface area contributed by atoms with Crippen LogP contribution in [0.4, 0.5) is 0 Å². The third-order valence-electron chi connectivity index (χ3n) is 8.20. The second-order valence-electron chi connectivity index (χ2n) is 13.2. The number of carbonyl (C=O) groups is 2. The maximum absolute atomic E-state index is 12.5. The average Bonchev–Trinajstić information content (AvgIpc) is 3.15. The van der Waals surface area contributed by atoms with Gasteiger partial charge in [0.15, 0.2) is 6.10 Å². The Balaban J connectivity index is 4.18. The molecule has 0 spiro atoms. The number of allylic oxidation sites excluding steroid dienone is 14. The van der Waals surface area contributed by atoms with Gasteiger partial charge in [0, 0.05) is 12.8 Å². The number of hydrogen-bond acceptors (Lipinski definition) is 7. The van der Waals surface area contributed by atoms with E-state index < -0.39 is 26.5 Å². The Hall–Kier alpha value is -2.77. The molecule has 54 heavy (non-hydrogen) atoms. The quantitative estimate of drug-likeness (QED) is 0.0288. The topological polar surface area (TPSA) is 108 Å². The molecule has 0 aromatic heterocycles. The molecule has 0 aromatic rings. The van der Waals surface area contributed by atoms with Gasteiger partial charge < -0.3 is 14.4 Å². The summed E-state index contributed by atoms with van der Waals surface area (Å²) < 4.78 is 32.6. The fourth-order valence-electron chi connectivity index (χ4n) is 5.22. The molecule has 0 saturated carbocycles. The molecular formula is C45H75O8P. The zero-order valence-corrected chi connectivity index (χ0v) is 35.0. The predicted octanol–water partition coefficient (Wildman–Crippen LogP) is 13.1. The van der Waals surface area contributed by atoms with Crippen molar-refractivity contribution in [2.45, 2.75) is 168 Å². The summed E-state index contributed by atoms with van der Waals surface area (Å²) in [7, 11) is -4.29. The zero-order valence-electron chi connectivity index (χ0n) is 34.1. The average molecular weight is 775 g/mol. The van der Waals surface area contributed by atoms with Gasteiger partial charge in [-0.2, -0.15) is 0 Å². The van der Waals surface area contributed by atoms with E-state index in [-0.39, 0.29) is 32.0 Å². The molecule has 0 aliphatic heterocycles. The van der Waals surface area contributed by atoms with Gasteiger partial charge in [-0.15, -0.1) is 0 Å². The Labute approximate surface area is 329 Å². The summed E-state index contributed by atoms with van der Waals surface area (Å²) in [6.07, 6.45) is 50.6. The summed E-state index contributed by atoms with van der Waals surface area (Å²) in [5.74, 6) is -0.845. The van der Waals surface area contributed by atoms with Crippen LogP contribution >= 0.6 is 7.82 Å². The molecule has 8 nitrogen and oxygen atoms in total. The molecule has 0 aliphatic rings. The van der Waals surface area contributed by atoms with Crippen molar-refractivity contribution in [3.05, 3.63) is 85.1 Å². The first-order valence-electron chi connectivity index (χ1n) is 20.9. The minimum absolute atomic E-state index is 0.0113. The van der Waals surface area contributed by atoms with Crippen LogP contribution in [0.25, 0.3) is 0 Å². The van der Waals surface area contributed by atoms with Crippen LogP contribution in [0.2, 0.25) is 0 Å². The number of ether oxygens (including phenoxy) is 2. The number of rotatable bonds is 37. The highest BCUT2D eigenvalue weighted by Crippen LogP contribution is 2.43. The van der Waals surface area contributed by atoms with Gasteiger partial charge in [-0.1, -0.05) is 144 Å². The van der Waals surface area contributed by atoms with E-state index in [0.717, 1.165) is 103 Å². The van der Waals surface area contributed by atoms with E-state index in [1.54, 1.807) is 6.92 Å². The third kappa shape index (κ3) is 38.9. The third-order valence-corrected chi connectivity index (χ3v) is 9.26. The molecule has 0 aromatic carbocycles. The normalized spacial score (nSPS) is 14.2. The fourth-order valence-corrected chi connectivity index (χ4v) is 5.98. The molecule has 2 atom stereocenters. The van der Waals surface area contributed by atoms with Crippen LogP contribution in [-0.2, 0) is 32.7 Å². The van der Waals surface area contributed by atoms with Crippen LogP contribution in [0.3, 0.4) is 0 Å². The van der Waals surface area contributed by atoms with Gasteiger partial charge in [-0.3, -0.25) is 18.6 Å². The Morgan fingerprint density at radius 2 is 0.889 bits per heavy atom. The van der Waals surface area contributed by atoms with Gasteiger partial charge in [0.2, 0.25) is 0 Å². The number of phosphoric acid groups is 1. The van der Waals surface area contributed by atoms with E-state index in [1.807, 2.05) is 0 Å². The van der Waals surface area contributed by atoms with Crippen LogP contribution in [0.1, 0.15) is 162 Å². The molecule has 0 radical (unpaired) electrons. The van der Waals surface area contributed by atoms with Gasteiger partial charge in [-0.05, 0) is 90.4 Å². The first-order chi connectivity index (χ1) is 26.3. The lowest BCUT2D eigenvalue weighted by molar-refractivity contribution is -0.161. The van der Waals surface area contributed by atoms with Crippen LogP contribution in [0, 0.1) is 0 Å². The number of phosphoric ester groups is 1. The van der Waals surface area contributed by atoms with E-state index in [0.29, 0.717) is 6.42 Å². The van der Waals surface area contributed by atoms with Crippen molar-refractivity contribution in [3.8, 4) is 0 Å². The molecule has 0 amide bonds. The Kier molecular flexibility index (Phi) is 37.9. The van der Waals surface area contributed by atoms with Crippen molar-refractivity contribution in [1.29, 1.82) is 0 Å². The number of unbranched alkanes of at least 4 members (excludes halogenated alkanes) is 11. The maximum atomic E-state index is 12.5. The lowest BCUT2D eigenvalue weighted by Crippen LogP contribution is -2.29. The standard InChI is InChI=1S/C45H75O8P/c1-4-7-9-11-13-15-17-19-21-23-25-27-29-31-33-35-37-39-44(46)50-41-43(42-52-54(48,49)51-6-3)53-45(47)40-38-36-34-32-30-28-26-24-22-20-18-16-14-12-10-8-5-2/h7-10,13-16,19-22,26,28,43H,4-6,11-12,17-18,23-25,27,29-42H2,1-3H3,(H,48,49)/b9-7-,10-8-,15-13-,16-14-,21-19-,22-20-,28-26-. The molecule has 0 saturated heterocycles. The van der Waals surface area contributed by atoms with E-state index in [1.165, 1.54) is 19.3 Å². The summed E-state index contributed by atoms with van der Waals surface area (Å²) in [4.78, 5) is 34.7. The highest BCUT2D eigenvalue weighted by molar-refractivity contribution is 7.47. The number of esters is 2. The van der Waals surface area contributed by atoms with Crippen LogP contribution < -0.4 is 0 Å². The lowest BCUT2D eigenvalue weighted by Gasteiger charge is -2.19. The van der Waals surface area contributed by atoms with E-state index in [2.05, 4.69) is 98.9 Å². The van der Waals surface area contributed by atoms with Crippen molar-refractivity contribution >= 4 is 19.8 Å². The summed E-state index contributed by atoms with van der Waals surface area (Å²) in [5.41, 5.74) is 0. The van der Waals surface area contributed by atoms with Crippen LogP contribution in [0.5, 0.6) is 0 Å². The first kappa shape index (κ1) is 51.2. The Morgan fingerprint density at radius 1 is 0.500 bits per heavy atom. The SMILES string of the molecule is CC/C=C\C/C=C\C/C=C\C/C=C\CCCCCCC(=O)OC(COC(=O)CCCCCCCCC/C=C\C/C=C\C/C=C\CC)COP(=O)(O)OCC. The summed E-state index contributed by atoms with van der Waals surface area (Å²) >= 11 is 0. The number of carbonyl (C=O) groups excluding carboxylic acids is 2. The molecule has 1 N–H and O–H groups in total. The van der Waals surface area contributed by atoms with Crippen molar-refractivity contribution < 1.29 is 37.6 Å². The van der Waals surface area contributed by atoms with Crippen molar-refractivity contribution in [2.75, 3.05) is 19.8 Å². The monoisotopic (exact) mass is 775 g/mol. The second-order valence-corrected chi connectivity index (χ2v) is 14.7. The minimum atomic E-state index is -4.29. The molecular weight excluding hydrogens is 699 g/mol. The predicted molar refractivity (Wildman–Crippen MR) is 225 cm³/mol. The largest absolute Gasteiger partial charge is 0.472 e. The summed E-state index contributed by atoms with van der Waals surface area (Å²) in [6.45, 7) is 5.19. The Morgan fingerprint density at radius 3 is 1.33 bits per heavy atom. The first-order valence-corrected chi connectivity index (χ1v) is 22.4. The highest BCUT2D eigenvalue weighted by atomic mass is 31.2. The zero-order chi connectivity index (χ0) is 39.6. The molecule has 0 heterocycles. The molecule has 9 heteroatoms. The lowest BCUT2D eigenvalue weighted by atomic mass is 10.1. The number of hydrogen-bond donors (Lipinski definition) is 1. The van der Waals surface area contributed by atoms with E-state index in [4.69, 9.17) is 18.5 Å². The van der Waals surface area contributed by atoms with E-state index >= 15 is 0 Å². The maximum Gasteiger partial charge on any atom is 0.472 e. The molecule has 0 rings (SSSR count). The smallest absolute Gasteiger partial charge is 0.462 e. The Bertz CT molecular complexity index is 1150. The van der Waals surface area contributed by atoms with Gasteiger partial charge in [-0.25, -0.2) is 4.57 Å². The molecule has 308 valence electrons. The fraction of sp³-hybridized carbons (Fsp3) is 0.644. The summed E-state index contributed by atoms with van der Waals surface area (Å²) in [6, 6.07) is 0. The summed E-state index contributed by atoms with van der Waals surface area (Å²) in [5, 5.41) is 0. The van der Waals surface area contributed by atoms with Gasteiger partial charge in [0.25, 0.3) is 0 Å². The van der Waals surface area contributed by atoms with E-state index in [9.17, 15) is 19.0 Å². The van der Waals surface area contributed by atoms with Crippen LogP contribution in [-0.4, -0.2) is 42.8 Å². The highest BCUT2D eigenvalue weighted by Gasteiger charge is 2.25. The van der Waals surface area contributed by atoms with Gasteiger partial charge in [0.05, 0.1) is 13.2 Å². The molecule has 0 bridgehead atoms. The van der Waals surface area contributed by atoms with Gasteiger partial charge >= 0.3 is 19.8 Å². The minimum Gasteiger partial charge on any atom is -0.462 e. The molecule has 0 fully saturated rings. The molecule has 2 unspecified atom stereocenters. The van der Waals surface area contributed by atoms with Crippen molar-refractivity contribution in [1.82, 2.24) is 0 Å². The van der Waals surface area contributed by atoms with Crippen molar-refractivity contribution in [2.24, 2.45) is 0 Å². The van der Waals surface area contributed by atoms with Crippen molar-refractivity contribution in [3.63, 3.8) is 0 Å². The van der Waals surface area contributed by atoms with Gasteiger partial charge in [0.1, 0.15) is 6.61 Å². The van der Waals surface area contributed by atoms with Crippen LogP contribution in [0.15, 0.2) is 85.1 Å². The second kappa shape index (κ2) is 39.9. The molecule has 0 aliphatic carbocycles.